The van der Waals surface area contributed by atoms with Gasteiger partial charge in [0.25, 0.3) is 0 Å². The normalized spacial score (nSPS) is 22.0. The van der Waals surface area contributed by atoms with Gasteiger partial charge in [-0.25, -0.2) is 9.59 Å². The lowest BCUT2D eigenvalue weighted by atomic mass is 9.74. The van der Waals surface area contributed by atoms with Gasteiger partial charge in [-0.3, -0.25) is 0 Å². The van der Waals surface area contributed by atoms with E-state index in [0.29, 0.717) is 12.2 Å². The van der Waals surface area contributed by atoms with Crippen LogP contribution in [0.1, 0.15) is 24.6 Å². The summed E-state index contributed by atoms with van der Waals surface area (Å²) in [4.78, 5) is 25.4. The zero-order chi connectivity index (χ0) is 19.4. The number of aliphatic carboxylic acids is 2. The van der Waals surface area contributed by atoms with E-state index in [1.807, 2.05) is 0 Å². The van der Waals surface area contributed by atoms with Gasteiger partial charge >= 0.3 is 11.9 Å². The van der Waals surface area contributed by atoms with Crippen molar-refractivity contribution in [2.75, 3.05) is 19.6 Å². The second kappa shape index (κ2) is 8.39. The Kier molecular flexibility index (Phi) is 5.96. The van der Waals surface area contributed by atoms with Gasteiger partial charge in [-0.05, 0) is 55.8 Å². The lowest BCUT2D eigenvalue weighted by Crippen LogP contribution is -2.43. The fourth-order valence-electron chi connectivity index (χ4n) is 4.27. The van der Waals surface area contributed by atoms with Crippen LogP contribution in [0.5, 0.6) is 0 Å². The van der Waals surface area contributed by atoms with E-state index in [2.05, 4.69) is 41.1 Å². The van der Waals surface area contributed by atoms with Gasteiger partial charge < -0.3 is 20.1 Å². The molecule has 0 amide bonds. The van der Waals surface area contributed by atoms with Crippen LogP contribution >= 0.6 is 0 Å². The van der Waals surface area contributed by atoms with E-state index >= 15 is 0 Å². The van der Waals surface area contributed by atoms with Crippen molar-refractivity contribution >= 4 is 22.8 Å². The first-order chi connectivity index (χ1) is 13.0. The van der Waals surface area contributed by atoms with Crippen molar-refractivity contribution in [3.05, 3.63) is 47.7 Å². The first kappa shape index (κ1) is 19.2. The minimum Gasteiger partial charge on any atom is -0.478 e. The number of nitrogens with zero attached hydrogens (tertiary/aromatic N) is 1. The van der Waals surface area contributed by atoms with Crippen molar-refractivity contribution in [1.29, 1.82) is 0 Å². The SMILES string of the molecule is CCN1CCC2Cc3[nH]c4ccccc4c3CC2C1.O=C(O)C=CC(=O)O. The fraction of sp³-hybridized carbons (Fsp3) is 0.429. The van der Waals surface area contributed by atoms with E-state index in [9.17, 15) is 9.59 Å². The number of carboxylic acid groups (broad SMARTS) is 2. The summed E-state index contributed by atoms with van der Waals surface area (Å²) in [5.74, 6) is -0.733. The second-order valence-electron chi connectivity index (χ2n) is 7.25. The van der Waals surface area contributed by atoms with Gasteiger partial charge in [0.05, 0.1) is 0 Å². The molecule has 3 N–H and O–H groups in total. The maximum absolute atomic E-state index is 9.55. The summed E-state index contributed by atoms with van der Waals surface area (Å²) in [6.45, 7) is 6.11. The number of para-hydroxylation sites is 1. The summed E-state index contributed by atoms with van der Waals surface area (Å²) in [6, 6.07) is 8.80. The van der Waals surface area contributed by atoms with Crippen molar-refractivity contribution < 1.29 is 19.8 Å². The number of likely N-dealkylation sites (tertiary alicyclic amines) is 1. The molecular formula is C21H26N2O4. The molecule has 6 heteroatoms. The molecule has 0 radical (unpaired) electrons. The number of piperidine rings is 1. The molecular weight excluding hydrogens is 344 g/mol. The van der Waals surface area contributed by atoms with Crippen molar-refractivity contribution in [2.45, 2.75) is 26.2 Å². The van der Waals surface area contributed by atoms with Gasteiger partial charge in [0, 0.05) is 35.3 Å². The van der Waals surface area contributed by atoms with E-state index in [4.69, 9.17) is 10.2 Å². The van der Waals surface area contributed by atoms with Crippen LogP contribution in [0.3, 0.4) is 0 Å². The minimum absolute atomic E-state index is 0.558. The summed E-state index contributed by atoms with van der Waals surface area (Å²) in [6.07, 6.45) is 5.05. The van der Waals surface area contributed by atoms with Gasteiger partial charge in [0.2, 0.25) is 0 Å². The van der Waals surface area contributed by atoms with Gasteiger partial charge in [-0.2, -0.15) is 0 Å². The van der Waals surface area contributed by atoms with Crippen molar-refractivity contribution in [3.63, 3.8) is 0 Å². The van der Waals surface area contributed by atoms with Crippen LogP contribution in [-0.2, 0) is 22.4 Å². The lowest BCUT2D eigenvalue weighted by Gasteiger charge is -2.40. The van der Waals surface area contributed by atoms with Gasteiger partial charge in [-0.1, -0.05) is 25.1 Å². The van der Waals surface area contributed by atoms with Crippen LogP contribution in [0.15, 0.2) is 36.4 Å². The molecule has 2 aliphatic rings. The van der Waals surface area contributed by atoms with Crippen LogP contribution in [0.4, 0.5) is 0 Å². The molecule has 1 aliphatic carbocycles. The summed E-state index contributed by atoms with van der Waals surface area (Å²) in [5.41, 5.74) is 4.46. The molecule has 1 fully saturated rings. The third kappa shape index (κ3) is 4.57. The number of aromatic nitrogens is 1. The van der Waals surface area contributed by atoms with E-state index in [-0.39, 0.29) is 0 Å². The first-order valence-electron chi connectivity index (χ1n) is 9.42. The number of nitrogens with one attached hydrogen (secondary N) is 1. The number of hydrogen-bond acceptors (Lipinski definition) is 3. The number of carboxylic acids is 2. The highest BCUT2D eigenvalue weighted by Crippen LogP contribution is 2.38. The Hall–Kier alpha value is -2.60. The molecule has 2 aromatic rings. The molecule has 27 heavy (non-hydrogen) atoms. The Morgan fingerprint density at radius 2 is 1.85 bits per heavy atom. The van der Waals surface area contributed by atoms with Crippen molar-refractivity contribution in [1.82, 2.24) is 9.88 Å². The Labute approximate surface area is 158 Å². The van der Waals surface area contributed by atoms with Crippen LogP contribution in [0.2, 0.25) is 0 Å². The Morgan fingerprint density at radius 3 is 2.52 bits per heavy atom. The standard InChI is InChI=1S/C17H22N2.C4H4O4/c1-2-19-8-7-12-10-17-15(9-13(12)11-19)14-5-3-4-6-16(14)18-17;5-3(6)1-2-4(7)8/h3-6,12-13,18H,2,7-11H2,1H3;1-2H,(H,5,6)(H,7,8). The van der Waals surface area contributed by atoms with Crippen LogP contribution < -0.4 is 0 Å². The van der Waals surface area contributed by atoms with Gasteiger partial charge in [0.1, 0.15) is 0 Å². The molecule has 6 nitrogen and oxygen atoms in total. The molecule has 4 rings (SSSR count). The molecule has 0 spiro atoms. The smallest absolute Gasteiger partial charge is 0.328 e. The topological polar surface area (TPSA) is 93.6 Å². The predicted octanol–water partition coefficient (Wildman–Crippen LogP) is 2.94. The second-order valence-corrected chi connectivity index (χ2v) is 7.25. The summed E-state index contributed by atoms with van der Waals surface area (Å²) < 4.78 is 0. The summed E-state index contributed by atoms with van der Waals surface area (Å²) in [5, 5.41) is 17.1. The fourth-order valence-corrected chi connectivity index (χ4v) is 4.27. The summed E-state index contributed by atoms with van der Waals surface area (Å²) in [7, 11) is 0. The number of H-pyrrole nitrogens is 1. The van der Waals surface area contributed by atoms with Crippen LogP contribution in [-0.4, -0.2) is 51.7 Å². The minimum atomic E-state index is -1.26. The maximum atomic E-state index is 9.55. The zero-order valence-corrected chi connectivity index (χ0v) is 15.5. The first-order valence-corrected chi connectivity index (χ1v) is 9.42. The van der Waals surface area contributed by atoms with Gasteiger partial charge in [0.15, 0.2) is 0 Å². The van der Waals surface area contributed by atoms with Crippen LogP contribution in [0.25, 0.3) is 10.9 Å². The van der Waals surface area contributed by atoms with E-state index < -0.39 is 11.9 Å². The average Bonchev–Trinajstić information content (AvgIpc) is 3.02. The quantitative estimate of drug-likeness (QED) is 0.722. The zero-order valence-electron chi connectivity index (χ0n) is 15.5. The number of rotatable bonds is 3. The van der Waals surface area contributed by atoms with E-state index in [1.54, 1.807) is 5.56 Å². The Bertz CT molecular complexity index is 839. The molecule has 1 aromatic carbocycles. The predicted molar refractivity (Wildman–Crippen MR) is 104 cm³/mol. The molecule has 144 valence electrons. The maximum Gasteiger partial charge on any atom is 0.328 e. The third-order valence-electron chi connectivity index (χ3n) is 5.63. The highest BCUT2D eigenvalue weighted by atomic mass is 16.4. The number of benzene rings is 1. The highest BCUT2D eigenvalue weighted by molar-refractivity contribution is 5.89. The molecule has 1 aromatic heterocycles. The Morgan fingerprint density at radius 1 is 1.15 bits per heavy atom. The molecule has 0 bridgehead atoms. The van der Waals surface area contributed by atoms with Crippen molar-refractivity contribution in [3.8, 4) is 0 Å². The highest BCUT2D eigenvalue weighted by Gasteiger charge is 2.34. The molecule has 2 heterocycles. The Balaban J connectivity index is 0.000000226. The number of aromatic amines is 1. The number of hydrogen-bond donors (Lipinski definition) is 3. The van der Waals surface area contributed by atoms with Crippen molar-refractivity contribution in [2.24, 2.45) is 11.8 Å². The lowest BCUT2D eigenvalue weighted by molar-refractivity contribution is -0.134. The molecule has 0 saturated carbocycles. The molecule has 1 aliphatic heterocycles. The number of fused-ring (bicyclic) bond motifs is 4. The molecule has 2 atom stereocenters. The monoisotopic (exact) mass is 370 g/mol. The molecule has 1 saturated heterocycles. The average molecular weight is 370 g/mol. The largest absolute Gasteiger partial charge is 0.478 e. The third-order valence-corrected chi connectivity index (χ3v) is 5.63. The number of carbonyl (C=O) groups is 2. The van der Waals surface area contributed by atoms with E-state index in [1.165, 1.54) is 55.5 Å². The van der Waals surface area contributed by atoms with Crippen LogP contribution in [0, 0.1) is 11.8 Å². The molecule has 2 unspecified atom stereocenters. The summed E-state index contributed by atoms with van der Waals surface area (Å²) >= 11 is 0. The van der Waals surface area contributed by atoms with E-state index in [0.717, 1.165) is 11.8 Å². The van der Waals surface area contributed by atoms with Gasteiger partial charge in [-0.15, -0.1) is 0 Å².